The molecule has 0 rings (SSSR count). The fourth-order valence-electron chi connectivity index (χ4n) is 12.8. The van der Waals surface area contributed by atoms with E-state index in [-0.39, 0.29) is 25.7 Å². The molecule has 0 spiro atoms. The van der Waals surface area contributed by atoms with Crippen molar-refractivity contribution < 1.29 is 80.2 Å². The number of hydrogen-bond acceptors (Lipinski definition) is 15. The lowest BCUT2D eigenvalue weighted by Crippen LogP contribution is -2.30. The van der Waals surface area contributed by atoms with E-state index in [1.54, 1.807) is 0 Å². The monoisotopic (exact) mass is 1520 g/mol. The summed E-state index contributed by atoms with van der Waals surface area (Å²) in [6, 6.07) is 0. The molecule has 0 aliphatic carbocycles. The molecule has 3 N–H and O–H groups in total. The first-order chi connectivity index (χ1) is 50.7. The molecule has 0 aliphatic rings. The highest BCUT2D eigenvalue weighted by Crippen LogP contribution is 2.45. The molecule has 0 bridgehead atoms. The maximum absolute atomic E-state index is 13.1. The number of aliphatic hydroxyl groups excluding tert-OH is 1. The molecule has 0 aliphatic heterocycles. The fraction of sp³-hybridized carbons (Fsp3) is 0.906. The summed E-state index contributed by atoms with van der Waals surface area (Å²) in [6.45, 7) is 4.99. The number of unbranched alkanes of at least 4 members (excludes halogenated alkanes) is 55. The molecule has 5 atom stereocenters. The van der Waals surface area contributed by atoms with Crippen molar-refractivity contribution in [1.29, 1.82) is 0 Å². The van der Waals surface area contributed by atoms with E-state index < -0.39 is 97.5 Å². The summed E-state index contributed by atoms with van der Waals surface area (Å²) in [5, 5.41) is 10.7. The summed E-state index contributed by atoms with van der Waals surface area (Å²) in [7, 11) is -9.94. The lowest BCUT2D eigenvalue weighted by molar-refractivity contribution is -0.161. The molecule has 19 heteroatoms. The van der Waals surface area contributed by atoms with E-state index in [1.807, 2.05) is 0 Å². The van der Waals surface area contributed by atoms with Crippen LogP contribution in [0.25, 0.3) is 0 Å². The van der Waals surface area contributed by atoms with E-state index in [9.17, 15) is 43.2 Å². The first-order valence-corrected chi connectivity index (χ1v) is 46.6. The van der Waals surface area contributed by atoms with Crippen molar-refractivity contribution in [2.45, 2.75) is 457 Å². The fourth-order valence-corrected chi connectivity index (χ4v) is 14.4. The van der Waals surface area contributed by atoms with Gasteiger partial charge in [-0.25, -0.2) is 9.13 Å². The summed E-state index contributed by atoms with van der Waals surface area (Å²) in [4.78, 5) is 73.2. The van der Waals surface area contributed by atoms with Gasteiger partial charge in [-0.15, -0.1) is 0 Å². The van der Waals surface area contributed by atoms with Crippen molar-refractivity contribution in [3.8, 4) is 0 Å². The summed E-state index contributed by atoms with van der Waals surface area (Å²) in [5.74, 6) is -2.13. The third-order valence-electron chi connectivity index (χ3n) is 19.5. The minimum atomic E-state index is -4.97. The predicted octanol–water partition coefficient (Wildman–Crippen LogP) is 25.7. The van der Waals surface area contributed by atoms with Crippen LogP contribution in [0.4, 0.5) is 0 Å². The van der Waals surface area contributed by atoms with Crippen LogP contribution in [0.15, 0.2) is 24.3 Å². The first kappa shape index (κ1) is 102. The van der Waals surface area contributed by atoms with Crippen LogP contribution in [0.1, 0.15) is 439 Å². The first-order valence-electron chi connectivity index (χ1n) is 43.6. The summed E-state index contributed by atoms with van der Waals surface area (Å²) < 4.78 is 68.8. The second-order valence-corrected chi connectivity index (χ2v) is 32.8. The Labute approximate surface area is 637 Å². The number of carbonyl (C=O) groups is 4. The van der Waals surface area contributed by atoms with Crippen molar-refractivity contribution in [3.63, 3.8) is 0 Å². The SMILES string of the molecule is CCCCCC/C=C\C=C/CCCCCCCC(=O)O[C@H](COC(=O)CCCCCCCCCCCCCCC)COP(=O)(O)OC[C@H](O)COP(=O)(O)OC[C@@H](COC(=O)CCCCCCCCCCCCCCCCCCCC)OC(=O)CCCCCCCCCCCCCCCCCCCC. The highest BCUT2D eigenvalue weighted by Gasteiger charge is 2.30. The van der Waals surface area contributed by atoms with Crippen molar-refractivity contribution in [3.05, 3.63) is 24.3 Å². The molecule has 0 saturated carbocycles. The number of hydrogen-bond donors (Lipinski definition) is 3. The summed E-state index contributed by atoms with van der Waals surface area (Å²) in [5.41, 5.74) is 0. The molecule has 104 heavy (non-hydrogen) atoms. The molecular formula is C85H162O17P2. The minimum Gasteiger partial charge on any atom is -0.462 e. The van der Waals surface area contributed by atoms with Gasteiger partial charge in [0, 0.05) is 25.7 Å². The summed E-state index contributed by atoms with van der Waals surface area (Å²) in [6.07, 6.45) is 75.6. The second kappa shape index (κ2) is 78.7. The third-order valence-corrected chi connectivity index (χ3v) is 21.4. The van der Waals surface area contributed by atoms with E-state index >= 15 is 0 Å². The lowest BCUT2D eigenvalue weighted by Gasteiger charge is -2.21. The van der Waals surface area contributed by atoms with Gasteiger partial charge in [-0.05, 0) is 51.4 Å². The van der Waals surface area contributed by atoms with Crippen LogP contribution in [-0.2, 0) is 65.4 Å². The van der Waals surface area contributed by atoms with Gasteiger partial charge in [-0.1, -0.05) is 386 Å². The Morgan fingerprint density at radius 1 is 0.269 bits per heavy atom. The van der Waals surface area contributed by atoms with Crippen LogP contribution in [0.3, 0.4) is 0 Å². The Kier molecular flexibility index (Phi) is 76.8. The van der Waals surface area contributed by atoms with Crippen molar-refractivity contribution in [1.82, 2.24) is 0 Å². The molecule has 0 aromatic heterocycles. The van der Waals surface area contributed by atoms with Gasteiger partial charge in [-0.2, -0.15) is 0 Å². The van der Waals surface area contributed by atoms with E-state index in [1.165, 1.54) is 257 Å². The largest absolute Gasteiger partial charge is 0.472 e. The molecular weight excluding hydrogens is 1350 g/mol. The molecule has 0 aromatic carbocycles. The number of ether oxygens (including phenoxy) is 4. The quantitative estimate of drug-likeness (QED) is 0.0169. The van der Waals surface area contributed by atoms with Gasteiger partial charge in [0.15, 0.2) is 12.2 Å². The Morgan fingerprint density at radius 2 is 0.462 bits per heavy atom. The van der Waals surface area contributed by atoms with Gasteiger partial charge < -0.3 is 33.8 Å². The number of aliphatic hydroxyl groups is 1. The molecule has 0 saturated heterocycles. The highest BCUT2D eigenvalue weighted by atomic mass is 31.2. The maximum Gasteiger partial charge on any atom is 0.472 e. The molecule has 614 valence electrons. The number of carbonyl (C=O) groups excluding carboxylic acids is 4. The Hall–Kier alpha value is -2.46. The lowest BCUT2D eigenvalue weighted by atomic mass is 10.0. The topological polar surface area (TPSA) is 237 Å². The molecule has 2 unspecified atom stereocenters. The van der Waals surface area contributed by atoms with E-state index in [2.05, 4.69) is 52.0 Å². The Bertz CT molecular complexity index is 2060. The molecule has 0 aromatic rings. The van der Waals surface area contributed by atoms with Gasteiger partial charge in [0.2, 0.25) is 0 Å². The van der Waals surface area contributed by atoms with E-state index in [0.29, 0.717) is 25.7 Å². The second-order valence-electron chi connectivity index (χ2n) is 29.9. The molecule has 0 fully saturated rings. The third kappa shape index (κ3) is 77.7. The average Bonchev–Trinajstić information content (AvgIpc) is 0.910. The van der Waals surface area contributed by atoms with Gasteiger partial charge >= 0.3 is 39.5 Å². The Morgan fingerprint density at radius 3 is 0.702 bits per heavy atom. The molecule has 0 amide bonds. The van der Waals surface area contributed by atoms with Gasteiger partial charge in [0.25, 0.3) is 0 Å². The van der Waals surface area contributed by atoms with Crippen LogP contribution in [0.5, 0.6) is 0 Å². The number of phosphoric acid groups is 2. The van der Waals surface area contributed by atoms with E-state index in [0.717, 1.165) is 103 Å². The standard InChI is InChI=1S/C85H162O17P2/c1-5-9-13-17-21-25-29-33-36-38-40-43-46-50-54-58-62-66-70-83(88)96-76-81(102-85(90)72-68-64-60-56-52-48-44-41-39-37-34-30-26-22-18-14-10-6-2)78-100-104(93,94)98-74-79(86)73-97-103(91,92)99-77-80(75-95-82(87)69-65-61-57-53-49-45-32-28-24-20-16-12-8-4)101-84(89)71-67-63-59-55-51-47-42-35-31-27-23-19-15-11-7-3/h27,31,35,42,79-81,86H,5-26,28-30,32-34,36-41,43-78H2,1-4H3,(H,91,92)(H,93,94)/b31-27-,42-35-/t79-,80+,81+/m0/s1. The Balaban J connectivity index is 5.29. The van der Waals surface area contributed by atoms with Gasteiger partial charge in [0.1, 0.15) is 19.3 Å². The molecule has 0 radical (unpaired) electrons. The van der Waals surface area contributed by atoms with Crippen molar-refractivity contribution in [2.24, 2.45) is 0 Å². The number of phosphoric ester groups is 2. The van der Waals surface area contributed by atoms with E-state index in [4.69, 9.17) is 37.0 Å². The smallest absolute Gasteiger partial charge is 0.462 e. The van der Waals surface area contributed by atoms with Crippen LogP contribution in [0, 0.1) is 0 Å². The summed E-state index contributed by atoms with van der Waals surface area (Å²) >= 11 is 0. The van der Waals surface area contributed by atoms with Crippen LogP contribution in [-0.4, -0.2) is 96.7 Å². The van der Waals surface area contributed by atoms with Gasteiger partial charge in [0.05, 0.1) is 26.4 Å². The zero-order chi connectivity index (χ0) is 76.0. The highest BCUT2D eigenvalue weighted by molar-refractivity contribution is 7.47. The number of allylic oxidation sites excluding steroid dienone is 4. The average molecular weight is 1520 g/mol. The normalized spacial score (nSPS) is 13.9. The van der Waals surface area contributed by atoms with Crippen LogP contribution < -0.4 is 0 Å². The van der Waals surface area contributed by atoms with Crippen LogP contribution >= 0.6 is 15.6 Å². The molecule has 0 heterocycles. The number of esters is 4. The van der Waals surface area contributed by atoms with Crippen molar-refractivity contribution >= 4 is 39.5 Å². The molecule has 17 nitrogen and oxygen atoms in total. The minimum absolute atomic E-state index is 0.0862. The predicted molar refractivity (Wildman–Crippen MR) is 428 cm³/mol. The zero-order valence-corrected chi connectivity index (χ0v) is 69.3. The van der Waals surface area contributed by atoms with Crippen LogP contribution in [0.2, 0.25) is 0 Å². The number of rotatable bonds is 84. The maximum atomic E-state index is 13.1. The zero-order valence-electron chi connectivity index (χ0n) is 67.5. The van der Waals surface area contributed by atoms with Crippen molar-refractivity contribution in [2.75, 3.05) is 39.6 Å². The van der Waals surface area contributed by atoms with Gasteiger partial charge in [-0.3, -0.25) is 37.3 Å².